The van der Waals surface area contributed by atoms with Gasteiger partial charge in [0.1, 0.15) is 79.3 Å². The van der Waals surface area contributed by atoms with E-state index in [4.69, 9.17) is 51.9 Å². The first-order valence-corrected chi connectivity index (χ1v) is 43.6. The van der Waals surface area contributed by atoms with Gasteiger partial charge in [0.25, 0.3) is 0 Å². The number of ether oxygens (including phenoxy) is 3. The van der Waals surface area contributed by atoms with Crippen LogP contribution >= 0.6 is 43.5 Å². The molecule has 0 saturated carbocycles. The molecule has 11 N–H and O–H groups in total. The van der Waals surface area contributed by atoms with E-state index in [1.165, 1.54) is 41.9 Å². The Labute approximate surface area is 749 Å². The Morgan fingerprint density at radius 1 is 0.500 bits per heavy atom. The molecule has 0 radical (unpaired) electrons. The molecule has 3 aliphatic rings. The van der Waals surface area contributed by atoms with Crippen molar-refractivity contribution in [3.05, 3.63) is 188 Å². The van der Waals surface area contributed by atoms with E-state index in [1.807, 2.05) is 63.2 Å². The van der Waals surface area contributed by atoms with Gasteiger partial charge in [-0.15, -0.1) is 0 Å². The first-order chi connectivity index (χ1) is 60.3. The van der Waals surface area contributed by atoms with Crippen LogP contribution in [0.5, 0.6) is 0 Å². The average Bonchev–Trinajstić information content (AvgIpc) is 0.838. The number of fused-ring (bicyclic) bond motifs is 3. The van der Waals surface area contributed by atoms with E-state index in [0.717, 1.165) is 166 Å². The van der Waals surface area contributed by atoms with Crippen LogP contribution in [0.3, 0.4) is 0 Å². The Hall–Kier alpha value is -8.94. The molecular weight excluding hydrogens is 1810 g/mol. The van der Waals surface area contributed by atoms with Crippen LogP contribution in [0.15, 0.2) is 144 Å². The molecule has 8 aromatic rings. The zero-order valence-corrected chi connectivity index (χ0v) is 73.8. The molecule has 3 atom stereocenters. The summed E-state index contributed by atoms with van der Waals surface area (Å²) >= 11 is 11.9. The van der Waals surface area contributed by atoms with Crippen molar-refractivity contribution < 1.29 is 93.5 Å². The number of carbonyl (C=O) groups is 3. The molecule has 688 valence electrons. The van der Waals surface area contributed by atoms with Crippen molar-refractivity contribution in [3.8, 4) is 11.1 Å². The minimum atomic E-state index is -4.38. The summed E-state index contributed by atoms with van der Waals surface area (Å²) in [6.45, 7) is 2.52. The zero-order chi connectivity index (χ0) is 91.1. The van der Waals surface area contributed by atoms with Crippen LogP contribution < -0.4 is 32.5 Å². The van der Waals surface area contributed by atoms with Crippen molar-refractivity contribution in [2.24, 2.45) is 11.7 Å². The van der Waals surface area contributed by atoms with Crippen LogP contribution in [-0.4, -0.2) is 259 Å². The lowest BCUT2D eigenvalue weighted by molar-refractivity contribution is -0.175. The van der Waals surface area contributed by atoms with Crippen molar-refractivity contribution in [1.82, 2.24) is 59.6 Å². The minimum Gasteiger partial charge on any atom is -0.481 e. The molecule has 0 unspecified atom stereocenters. The molecule has 0 bridgehead atoms. The lowest BCUT2D eigenvalue weighted by Gasteiger charge is -2.25. The number of halogens is 12. The maximum atomic E-state index is 12.6. The molecule has 0 fully saturated rings. The number of rotatable bonds is 45. The number of hydrogen-bond donors (Lipinski definition) is 10. The lowest BCUT2D eigenvalue weighted by atomic mass is 9.81. The molecule has 0 spiro atoms. The molecule has 0 saturated heterocycles. The molecule has 0 aliphatic carbocycles. The van der Waals surface area contributed by atoms with Gasteiger partial charge < -0.3 is 81.3 Å². The maximum absolute atomic E-state index is 12.6. The standard InChI is InChI=1S/C31H38F3N5O3.C24H32BrF3N6O3.C20H31F3N4O3.C6H7BO2.C4H2BrClN2/c32-31(33,34)21-42-18-17-39(15-5-4-10-26-12-11-24-9-6-14-36-29(24)38-26)16-13-25(30(40)41)19-28-27(20-35-22-37-28)23-7-2-1-3-8-23;25-19-14-29-16-31-22(19)33-20(23(35)36)8-11-34(12-13-37-15-24(26,27)28)10-2-1-5-18-7-6-17-4-3-9-30-21(17)32-18;21-20(22,23)14-30-13-12-27(11-8-17(24)19(28)29)10-2-1-5-16-7-6-15-4-3-9-25-18(15)26-16;8-7(9)6-4-2-1-3-5-6;5-3-1-7-2-8-4(3)6/h1-3,7-8,11-12,20,22,25H,4-6,9-10,13-19,21H2,(H,36,38)(H,40,41);6-7,14,16,20H,1-5,8-13,15H2,(H,30,32)(H,35,36)(H,29,31,33);6-7,17H,1-5,8-14,24H2,(H,25,26)(H,28,29);1-5,8-9H;1-2H/t25-;20-;17-;;/m100../s1. The van der Waals surface area contributed by atoms with Crippen molar-refractivity contribution in [1.29, 1.82) is 0 Å². The summed E-state index contributed by atoms with van der Waals surface area (Å²) in [7, 11) is -1.34. The molecule has 6 aromatic heterocycles. The fourth-order valence-corrected chi connectivity index (χ4v) is 14.0. The normalized spacial score (nSPS) is 13.6. The number of nitrogens with zero attached hydrogens (tertiary/aromatic N) is 12. The van der Waals surface area contributed by atoms with Gasteiger partial charge >= 0.3 is 43.6 Å². The van der Waals surface area contributed by atoms with Gasteiger partial charge in [0.2, 0.25) is 0 Å². The molecule has 41 heteroatoms. The number of benzene rings is 2. The molecule has 11 rings (SSSR count). The average molecular weight is 1920 g/mol. The van der Waals surface area contributed by atoms with E-state index in [-0.39, 0.29) is 52.2 Å². The third kappa shape index (κ3) is 42.3. The Kier molecular flexibility index (Phi) is 46.6. The number of hydrogen-bond acceptors (Lipinski definition) is 25. The van der Waals surface area contributed by atoms with Gasteiger partial charge in [0.15, 0.2) is 0 Å². The van der Waals surface area contributed by atoms with Crippen LogP contribution in [0.4, 0.5) is 62.8 Å². The lowest BCUT2D eigenvalue weighted by Crippen LogP contribution is -2.37. The van der Waals surface area contributed by atoms with E-state index >= 15 is 0 Å². The molecular formula is C85H110BBr2ClF9N17O11. The van der Waals surface area contributed by atoms with Crippen LogP contribution in [0.1, 0.15) is 117 Å². The Morgan fingerprint density at radius 3 is 1.30 bits per heavy atom. The van der Waals surface area contributed by atoms with Crippen LogP contribution in [0.2, 0.25) is 5.15 Å². The summed E-state index contributed by atoms with van der Waals surface area (Å²) in [5.74, 6) is -0.558. The number of aryl methyl sites for hydroxylation is 6. The van der Waals surface area contributed by atoms with Gasteiger partial charge in [-0.1, -0.05) is 90.5 Å². The number of nitrogens with two attached hydrogens (primary N) is 1. The summed E-state index contributed by atoms with van der Waals surface area (Å²) in [6, 6.07) is 28.8. The highest BCUT2D eigenvalue weighted by molar-refractivity contribution is 9.11. The number of carboxylic acids is 3. The zero-order valence-electron chi connectivity index (χ0n) is 69.8. The van der Waals surface area contributed by atoms with Gasteiger partial charge in [0, 0.05) is 100 Å². The van der Waals surface area contributed by atoms with Crippen molar-refractivity contribution in [3.63, 3.8) is 0 Å². The Bertz CT molecular complexity index is 4490. The van der Waals surface area contributed by atoms with Crippen molar-refractivity contribution >= 4 is 97.2 Å². The third-order valence-corrected chi connectivity index (χ3v) is 21.7. The van der Waals surface area contributed by atoms with E-state index < -0.39 is 81.4 Å². The molecule has 9 heterocycles. The Morgan fingerprint density at radius 2 is 0.913 bits per heavy atom. The monoisotopic (exact) mass is 1920 g/mol. The van der Waals surface area contributed by atoms with E-state index in [0.29, 0.717) is 78.8 Å². The first kappa shape index (κ1) is 104. The van der Waals surface area contributed by atoms with Crippen molar-refractivity contribution in [2.75, 3.05) is 139 Å². The molecule has 2 aromatic carbocycles. The number of unbranched alkanes of at least 4 members (excludes halogenated alkanes) is 3. The predicted octanol–water partition coefficient (Wildman–Crippen LogP) is 13.3. The third-order valence-electron chi connectivity index (χ3n) is 20.0. The second kappa shape index (κ2) is 56.4. The number of alkyl halides is 9. The highest BCUT2D eigenvalue weighted by atomic mass is 79.9. The fourth-order valence-electron chi connectivity index (χ4n) is 13.4. The van der Waals surface area contributed by atoms with Crippen molar-refractivity contribution in [2.45, 2.75) is 153 Å². The number of aromatic nitrogens is 9. The van der Waals surface area contributed by atoms with Gasteiger partial charge in [-0.05, 0) is 220 Å². The van der Waals surface area contributed by atoms with Gasteiger partial charge in [-0.25, -0.2) is 49.7 Å². The number of aliphatic carboxylic acids is 3. The highest BCUT2D eigenvalue weighted by Crippen LogP contribution is 2.29. The predicted molar refractivity (Wildman–Crippen MR) is 469 cm³/mol. The van der Waals surface area contributed by atoms with Gasteiger partial charge in [-0.2, -0.15) is 39.5 Å². The second-order valence-corrected chi connectivity index (χ2v) is 32.0. The van der Waals surface area contributed by atoms with Crippen LogP contribution in [-0.2, 0) is 73.5 Å². The molecule has 126 heavy (non-hydrogen) atoms. The number of anilines is 4. The molecule has 0 amide bonds. The first-order valence-electron chi connectivity index (χ1n) is 41.7. The quantitative estimate of drug-likeness (QED) is 0.00733. The van der Waals surface area contributed by atoms with Gasteiger partial charge in [0.05, 0.1) is 40.4 Å². The summed E-state index contributed by atoms with van der Waals surface area (Å²) in [4.78, 5) is 78.7. The van der Waals surface area contributed by atoms with Gasteiger partial charge in [-0.3, -0.25) is 9.59 Å². The second-order valence-electron chi connectivity index (χ2n) is 29.9. The summed E-state index contributed by atoms with van der Waals surface area (Å²) in [5, 5.41) is 59.1. The number of pyridine rings is 3. The summed E-state index contributed by atoms with van der Waals surface area (Å²) in [5.41, 5.74) is 15.1. The Balaban J connectivity index is 0.000000238. The summed E-state index contributed by atoms with van der Waals surface area (Å²) < 4.78 is 127. The van der Waals surface area contributed by atoms with E-state index in [9.17, 15) is 64.1 Å². The number of nitrogens with one attached hydrogen (secondary N) is 4. The molecule has 3 aliphatic heterocycles. The largest absolute Gasteiger partial charge is 0.488 e. The summed E-state index contributed by atoms with van der Waals surface area (Å²) in [6.07, 6.45) is 10.6. The van der Waals surface area contributed by atoms with E-state index in [1.54, 1.807) is 36.7 Å². The number of carboxylic acid groups (broad SMARTS) is 3. The highest BCUT2D eigenvalue weighted by Gasteiger charge is 2.31. The maximum Gasteiger partial charge on any atom is 0.488 e. The van der Waals surface area contributed by atoms with E-state index in [2.05, 4.69) is 117 Å². The van der Waals surface area contributed by atoms with Crippen LogP contribution in [0, 0.1) is 5.92 Å². The minimum absolute atomic E-state index is 0.0696. The molecule has 28 nitrogen and oxygen atoms in total. The fraction of sp³-hybridized carbons (Fsp3) is 0.506. The topological polar surface area (TPSA) is 380 Å². The van der Waals surface area contributed by atoms with Crippen LogP contribution in [0.25, 0.3) is 11.1 Å². The smallest absolute Gasteiger partial charge is 0.481 e. The SMILES string of the molecule is Clc1ncncc1Br.N[C@@H](CCN(CCCCc1ccc2c(n1)NCCC2)CCOCC(F)(F)F)C(=O)O.O=C(O)[C@H](CCN(CCCCc1ccc2c(n1)NCCC2)CCOCC(F)(F)F)Cc1ncncc1-c1ccccc1.O=C(O)[C@H](CCN(CCCCc1ccc2c(n1)NCCC2)CCOCC(F)(F)F)Nc1ncncc1Br.OB(O)c1ccccc1.